The molecule has 0 amide bonds. The van der Waals surface area contributed by atoms with Crippen molar-refractivity contribution in [3.05, 3.63) is 92.4 Å². The van der Waals surface area contributed by atoms with Crippen molar-refractivity contribution in [3.8, 4) is 5.75 Å². The summed E-state index contributed by atoms with van der Waals surface area (Å²) in [4.78, 5) is 33.8. The zero-order chi connectivity index (χ0) is 23.4. The Balaban J connectivity index is 1.72. The van der Waals surface area contributed by atoms with E-state index in [1.54, 1.807) is 12.1 Å². The van der Waals surface area contributed by atoms with Gasteiger partial charge in [0.2, 0.25) is 0 Å². The Morgan fingerprint density at radius 2 is 1.79 bits per heavy atom. The summed E-state index contributed by atoms with van der Waals surface area (Å²) in [6, 6.07) is 16.4. The zero-order valence-electron chi connectivity index (χ0n) is 18.0. The number of aryl methyl sites for hydroxylation is 2. The molecule has 2 heterocycles. The molecule has 0 saturated carbocycles. The monoisotopic (exact) mass is 467 g/mol. The lowest BCUT2D eigenvalue weighted by Gasteiger charge is -2.12. The number of nitrogens with one attached hydrogen (secondary N) is 1. The molecule has 0 radical (unpaired) electrons. The van der Waals surface area contributed by atoms with Crippen LogP contribution < -0.4 is 15.4 Å². The third kappa shape index (κ3) is 5.12. The van der Waals surface area contributed by atoms with Crippen LogP contribution in [0.5, 0.6) is 5.75 Å². The molecule has 1 unspecified atom stereocenters. The summed E-state index contributed by atoms with van der Waals surface area (Å²) in [6.07, 6.45) is 1.56. The van der Waals surface area contributed by atoms with Gasteiger partial charge in [-0.2, -0.15) is 0 Å². The van der Waals surface area contributed by atoms with Gasteiger partial charge in [-0.25, -0.2) is 14.0 Å². The predicted octanol–water partition coefficient (Wildman–Crippen LogP) is 2.30. The second-order valence-corrected chi connectivity index (χ2v) is 8.20. The van der Waals surface area contributed by atoms with Gasteiger partial charge in [0.15, 0.2) is 5.65 Å². The van der Waals surface area contributed by atoms with Crippen molar-refractivity contribution >= 4 is 22.5 Å². The minimum Gasteiger partial charge on any atom is -0.740 e. The number of imidazole rings is 1. The second kappa shape index (κ2) is 9.97. The van der Waals surface area contributed by atoms with Gasteiger partial charge in [0.05, 0.1) is 0 Å². The van der Waals surface area contributed by atoms with Crippen LogP contribution in [0.15, 0.2) is 64.2 Å². The van der Waals surface area contributed by atoms with Gasteiger partial charge in [-0.15, -0.1) is 0 Å². The van der Waals surface area contributed by atoms with Crippen LogP contribution in [-0.4, -0.2) is 27.9 Å². The van der Waals surface area contributed by atoms with Crippen molar-refractivity contribution in [2.75, 3.05) is 0 Å². The Bertz CT molecular complexity index is 1410. The van der Waals surface area contributed by atoms with Gasteiger partial charge in [-0.1, -0.05) is 49.4 Å². The maximum atomic E-state index is 13.2. The normalized spacial score (nSPS) is 12.2. The van der Waals surface area contributed by atoms with Crippen molar-refractivity contribution < 1.29 is 12.9 Å². The number of hydrogen-bond donors (Lipinski definition) is 1. The first-order valence-corrected chi connectivity index (χ1v) is 11.6. The van der Waals surface area contributed by atoms with E-state index in [2.05, 4.69) is 9.97 Å². The Labute approximate surface area is 192 Å². The Hall–Kier alpha value is -3.50. The SMILES string of the molecule is CCCn1c(=O)c2[nH]c(Cc3ccccc3)nc2n(CCc2cccc(OS(=O)[O-])c2)c1=O. The lowest BCUT2D eigenvalue weighted by molar-refractivity contribution is 0.440. The number of benzene rings is 2. The minimum absolute atomic E-state index is 0.194. The summed E-state index contributed by atoms with van der Waals surface area (Å²) >= 11 is -2.67. The van der Waals surface area contributed by atoms with Crippen LogP contribution in [0, 0.1) is 0 Å². The molecule has 0 saturated heterocycles. The van der Waals surface area contributed by atoms with Gasteiger partial charge < -0.3 is 13.7 Å². The molecular weight excluding hydrogens is 444 g/mol. The average molecular weight is 468 g/mol. The lowest BCUT2D eigenvalue weighted by Crippen LogP contribution is -2.40. The standard InChI is InChI=1S/C23H24N4O5S/c1-2-12-27-22(28)20-21(25-19(24-20)15-16-7-4-3-5-8-16)26(23(27)29)13-11-17-9-6-10-18(14-17)32-33(30)31/h3-10,14H,2,11-13,15H2,1H3,(H,24,25)(H,30,31)/p-1. The topological polar surface area (TPSA) is 122 Å². The molecule has 4 rings (SSSR count). The quantitative estimate of drug-likeness (QED) is 0.377. The molecule has 2 aromatic carbocycles. The van der Waals surface area contributed by atoms with Crippen molar-refractivity contribution in [2.45, 2.75) is 39.3 Å². The van der Waals surface area contributed by atoms with Crippen LogP contribution in [0.4, 0.5) is 0 Å². The highest BCUT2D eigenvalue weighted by molar-refractivity contribution is 7.74. The molecule has 1 atom stereocenters. The van der Waals surface area contributed by atoms with Crippen LogP contribution in [0.25, 0.3) is 11.2 Å². The van der Waals surface area contributed by atoms with Crippen molar-refractivity contribution in [1.82, 2.24) is 19.1 Å². The van der Waals surface area contributed by atoms with E-state index >= 15 is 0 Å². The molecule has 0 fully saturated rings. The van der Waals surface area contributed by atoms with E-state index in [1.165, 1.54) is 15.2 Å². The molecule has 0 spiro atoms. The van der Waals surface area contributed by atoms with E-state index in [1.807, 2.05) is 43.3 Å². The van der Waals surface area contributed by atoms with Gasteiger partial charge in [0.25, 0.3) is 5.56 Å². The highest BCUT2D eigenvalue weighted by atomic mass is 32.2. The zero-order valence-corrected chi connectivity index (χ0v) is 18.8. The highest BCUT2D eigenvalue weighted by Crippen LogP contribution is 2.16. The van der Waals surface area contributed by atoms with Crippen LogP contribution >= 0.6 is 0 Å². The first-order chi connectivity index (χ1) is 16.0. The molecular formula is C23H23N4O5S-. The molecule has 1 N–H and O–H groups in total. The van der Waals surface area contributed by atoms with E-state index in [9.17, 15) is 18.4 Å². The van der Waals surface area contributed by atoms with E-state index < -0.39 is 17.1 Å². The summed E-state index contributed by atoms with van der Waals surface area (Å²) in [7, 11) is 0. The molecule has 4 aromatic rings. The number of aromatic amines is 1. The fourth-order valence-electron chi connectivity index (χ4n) is 3.78. The molecule has 0 bridgehead atoms. The highest BCUT2D eigenvalue weighted by Gasteiger charge is 2.17. The van der Waals surface area contributed by atoms with Crippen LogP contribution in [-0.2, 0) is 37.3 Å². The molecule has 33 heavy (non-hydrogen) atoms. The number of rotatable bonds is 9. The lowest BCUT2D eigenvalue weighted by atomic mass is 10.1. The predicted molar refractivity (Wildman–Crippen MR) is 124 cm³/mol. The van der Waals surface area contributed by atoms with E-state index in [4.69, 9.17) is 4.18 Å². The average Bonchev–Trinajstić information content (AvgIpc) is 3.21. The number of nitrogens with zero attached hydrogens (tertiary/aromatic N) is 3. The molecule has 0 aliphatic heterocycles. The number of fused-ring (bicyclic) bond motifs is 1. The Kier molecular flexibility index (Phi) is 6.85. The van der Waals surface area contributed by atoms with Gasteiger partial charge >= 0.3 is 5.69 Å². The fourth-order valence-corrected chi connectivity index (χ4v) is 4.04. The van der Waals surface area contributed by atoms with Crippen LogP contribution in [0.2, 0.25) is 0 Å². The first kappa shape index (κ1) is 22.7. The third-order valence-electron chi connectivity index (χ3n) is 5.26. The van der Waals surface area contributed by atoms with Gasteiger partial charge in [0.1, 0.15) is 28.5 Å². The number of H-pyrrole nitrogens is 1. The number of aromatic nitrogens is 4. The molecule has 2 aromatic heterocycles. The number of hydrogen-bond acceptors (Lipinski definition) is 6. The smallest absolute Gasteiger partial charge is 0.332 e. The van der Waals surface area contributed by atoms with Crippen LogP contribution in [0.1, 0.15) is 30.3 Å². The van der Waals surface area contributed by atoms with Crippen molar-refractivity contribution in [2.24, 2.45) is 0 Å². The summed E-state index contributed by atoms with van der Waals surface area (Å²) in [5.74, 6) is 0.795. The van der Waals surface area contributed by atoms with Gasteiger partial charge in [-0.05, 0) is 36.1 Å². The maximum absolute atomic E-state index is 13.2. The molecule has 172 valence electrons. The van der Waals surface area contributed by atoms with E-state index in [0.717, 1.165) is 11.1 Å². The molecule has 0 aliphatic carbocycles. The van der Waals surface area contributed by atoms with Gasteiger partial charge in [0, 0.05) is 19.5 Å². The van der Waals surface area contributed by atoms with Gasteiger partial charge in [-0.3, -0.25) is 13.9 Å². The van der Waals surface area contributed by atoms with E-state index in [0.29, 0.717) is 42.8 Å². The Morgan fingerprint density at radius 1 is 1.03 bits per heavy atom. The van der Waals surface area contributed by atoms with Crippen molar-refractivity contribution in [3.63, 3.8) is 0 Å². The second-order valence-electron chi connectivity index (χ2n) is 7.62. The van der Waals surface area contributed by atoms with Crippen molar-refractivity contribution in [1.29, 1.82) is 0 Å². The first-order valence-electron chi connectivity index (χ1n) is 10.6. The summed E-state index contributed by atoms with van der Waals surface area (Å²) in [5.41, 5.74) is 1.63. The van der Waals surface area contributed by atoms with E-state index in [-0.39, 0.29) is 17.9 Å². The maximum Gasteiger partial charge on any atom is 0.332 e. The third-order valence-corrected chi connectivity index (χ3v) is 5.59. The summed E-state index contributed by atoms with van der Waals surface area (Å²) in [6.45, 7) is 2.47. The minimum atomic E-state index is -2.67. The molecule has 10 heteroatoms. The largest absolute Gasteiger partial charge is 0.740 e. The fraction of sp³-hybridized carbons (Fsp3) is 0.261. The molecule has 0 aliphatic rings. The Morgan fingerprint density at radius 3 is 2.52 bits per heavy atom. The van der Waals surface area contributed by atoms with Crippen LogP contribution in [0.3, 0.4) is 0 Å². The molecule has 9 nitrogen and oxygen atoms in total. The summed E-state index contributed by atoms with van der Waals surface area (Å²) in [5, 5.41) is 0. The summed E-state index contributed by atoms with van der Waals surface area (Å²) < 4.78 is 29.0.